The van der Waals surface area contributed by atoms with Crippen molar-refractivity contribution in [1.29, 1.82) is 0 Å². The minimum absolute atomic E-state index is 0.134. The number of hydrogen-bond acceptors (Lipinski definition) is 4. The molecule has 0 radical (unpaired) electrons. The summed E-state index contributed by atoms with van der Waals surface area (Å²) in [5.74, 6) is 0.426. The number of carbonyl (C=O) groups excluding carboxylic acids is 2. The number of carbonyl (C=O) groups is 2. The highest BCUT2D eigenvalue weighted by molar-refractivity contribution is 6.30. The Morgan fingerprint density at radius 1 is 0.816 bits per heavy atom. The Hall–Kier alpha value is -3.31. The molecule has 0 saturated heterocycles. The SMILES string of the molecule is CCCCCCCN(CCc1ccc(Cl)cc1)C(=O)Cc1ccc(OCc2ccccc2C(=O)OC)cc1. The first-order valence-electron chi connectivity index (χ1n) is 13.4. The van der Waals surface area contributed by atoms with Crippen LogP contribution in [0.15, 0.2) is 72.8 Å². The van der Waals surface area contributed by atoms with Crippen molar-refractivity contribution >= 4 is 23.5 Å². The number of hydrogen-bond donors (Lipinski definition) is 0. The molecular formula is C32H38ClNO4. The number of halogens is 1. The molecule has 0 N–H and O–H groups in total. The summed E-state index contributed by atoms with van der Waals surface area (Å²) in [4.78, 5) is 27.2. The summed E-state index contributed by atoms with van der Waals surface area (Å²) < 4.78 is 10.8. The van der Waals surface area contributed by atoms with Crippen LogP contribution in [-0.2, 0) is 29.0 Å². The molecule has 3 aromatic carbocycles. The molecule has 38 heavy (non-hydrogen) atoms. The first kappa shape index (κ1) is 29.2. The maximum atomic E-state index is 13.3. The number of amides is 1. The van der Waals surface area contributed by atoms with Crippen molar-refractivity contribution in [2.45, 2.75) is 58.5 Å². The smallest absolute Gasteiger partial charge is 0.338 e. The van der Waals surface area contributed by atoms with Gasteiger partial charge in [-0.1, -0.05) is 86.7 Å². The van der Waals surface area contributed by atoms with E-state index in [1.807, 2.05) is 65.6 Å². The average molecular weight is 536 g/mol. The summed E-state index contributed by atoms with van der Waals surface area (Å²) in [6, 6.07) is 22.7. The number of rotatable bonds is 15. The molecule has 0 atom stereocenters. The molecule has 0 saturated carbocycles. The van der Waals surface area contributed by atoms with Gasteiger partial charge < -0.3 is 14.4 Å². The lowest BCUT2D eigenvalue weighted by atomic mass is 10.1. The minimum atomic E-state index is -0.385. The van der Waals surface area contributed by atoms with Crippen LogP contribution in [0.25, 0.3) is 0 Å². The van der Waals surface area contributed by atoms with E-state index in [-0.39, 0.29) is 18.5 Å². The van der Waals surface area contributed by atoms with Gasteiger partial charge in [-0.15, -0.1) is 0 Å². The molecule has 0 aliphatic rings. The third-order valence-electron chi connectivity index (χ3n) is 6.56. The molecular weight excluding hydrogens is 498 g/mol. The maximum Gasteiger partial charge on any atom is 0.338 e. The van der Waals surface area contributed by atoms with Gasteiger partial charge >= 0.3 is 5.97 Å². The summed E-state index contributed by atoms with van der Waals surface area (Å²) in [6.45, 7) is 3.92. The topological polar surface area (TPSA) is 55.8 Å². The van der Waals surface area contributed by atoms with Crippen LogP contribution in [-0.4, -0.2) is 37.0 Å². The predicted octanol–water partition coefficient (Wildman–Crippen LogP) is 7.29. The zero-order chi connectivity index (χ0) is 27.2. The largest absolute Gasteiger partial charge is 0.489 e. The number of benzene rings is 3. The summed E-state index contributed by atoms with van der Waals surface area (Å²) in [5.41, 5.74) is 3.37. The molecule has 0 spiro atoms. The third kappa shape index (κ3) is 9.53. The first-order valence-corrected chi connectivity index (χ1v) is 13.8. The third-order valence-corrected chi connectivity index (χ3v) is 6.82. The van der Waals surface area contributed by atoms with Crippen molar-refractivity contribution in [3.8, 4) is 5.75 Å². The summed E-state index contributed by atoms with van der Waals surface area (Å²) in [5, 5.41) is 0.720. The predicted molar refractivity (Wildman–Crippen MR) is 153 cm³/mol. The second-order valence-corrected chi connectivity index (χ2v) is 9.87. The van der Waals surface area contributed by atoms with E-state index in [9.17, 15) is 9.59 Å². The summed E-state index contributed by atoms with van der Waals surface area (Å²) in [7, 11) is 1.37. The van der Waals surface area contributed by atoms with Crippen LogP contribution in [0.4, 0.5) is 0 Å². The molecule has 0 heterocycles. The van der Waals surface area contributed by atoms with Crippen molar-refractivity contribution in [3.63, 3.8) is 0 Å². The van der Waals surface area contributed by atoms with Crippen molar-refractivity contribution in [2.24, 2.45) is 0 Å². The number of unbranched alkanes of at least 4 members (excludes halogenated alkanes) is 4. The van der Waals surface area contributed by atoms with Crippen molar-refractivity contribution < 1.29 is 19.1 Å². The molecule has 6 heteroatoms. The standard InChI is InChI=1S/C32H38ClNO4/c1-3-4-5-6-9-21-34(22-20-25-12-16-28(33)17-13-25)31(35)23-26-14-18-29(19-15-26)38-24-27-10-7-8-11-30(27)32(36)37-2/h7-8,10-19H,3-6,9,20-24H2,1-2H3. The van der Waals surface area contributed by atoms with E-state index >= 15 is 0 Å². The normalized spacial score (nSPS) is 10.7. The van der Waals surface area contributed by atoms with Crippen molar-refractivity contribution in [3.05, 3.63) is 100 Å². The lowest BCUT2D eigenvalue weighted by Gasteiger charge is -2.23. The zero-order valence-electron chi connectivity index (χ0n) is 22.5. The molecule has 202 valence electrons. The Balaban J connectivity index is 1.57. The van der Waals surface area contributed by atoms with Gasteiger partial charge in [-0.25, -0.2) is 4.79 Å². The number of esters is 1. The molecule has 0 fully saturated rings. The first-order chi connectivity index (χ1) is 18.5. The number of nitrogens with zero attached hydrogens (tertiary/aromatic N) is 1. The van der Waals surface area contributed by atoms with Gasteiger partial charge in [-0.2, -0.15) is 0 Å². The van der Waals surface area contributed by atoms with Crippen LogP contribution in [0.5, 0.6) is 5.75 Å². The fourth-order valence-electron chi connectivity index (χ4n) is 4.29. The van der Waals surface area contributed by atoms with E-state index in [1.165, 1.54) is 31.9 Å². The van der Waals surface area contributed by atoms with Crippen LogP contribution in [0.3, 0.4) is 0 Å². The Morgan fingerprint density at radius 2 is 1.50 bits per heavy atom. The fraction of sp³-hybridized carbons (Fsp3) is 0.375. The van der Waals surface area contributed by atoms with E-state index in [0.717, 1.165) is 42.0 Å². The highest BCUT2D eigenvalue weighted by atomic mass is 35.5. The number of methoxy groups -OCH3 is 1. The van der Waals surface area contributed by atoms with Gasteiger partial charge in [0, 0.05) is 23.7 Å². The van der Waals surface area contributed by atoms with Crippen molar-refractivity contribution in [2.75, 3.05) is 20.2 Å². The second kappa shape index (κ2) is 15.8. The highest BCUT2D eigenvalue weighted by Crippen LogP contribution is 2.18. The fourth-order valence-corrected chi connectivity index (χ4v) is 4.41. The van der Waals surface area contributed by atoms with Crippen molar-refractivity contribution in [1.82, 2.24) is 4.90 Å². The highest BCUT2D eigenvalue weighted by Gasteiger charge is 2.15. The second-order valence-electron chi connectivity index (χ2n) is 9.43. The van der Waals surface area contributed by atoms with E-state index in [2.05, 4.69) is 6.92 Å². The molecule has 3 rings (SSSR count). The molecule has 0 unspecified atom stereocenters. The van der Waals surface area contributed by atoms with Gasteiger partial charge in [-0.05, 0) is 54.3 Å². The quantitative estimate of drug-likeness (QED) is 0.151. The molecule has 0 aromatic heterocycles. The van der Waals surface area contributed by atoms with Gasteiger partial charge in [0.2, 0.25) is 5.91 Å². The van der Waals surface area contributed by atoms with Gasteiger partial charge in [0.05, 0.1) is 19.1 Å². The Bertz CT molecular complexity index is 1140. The van der Waals surface area contributed by atoms with Gasteiger partial charge in [0.15, 0.2) is 0 Å². The zero-order valence-corrected chi connectivity index (χ0v) is 23.2. The van der Waals surface area contributed by atoms with Gasteiger partial charge in [0.25, 0.3) is 0 Å². The molecule has 1 amide bonds. The van der Waals surface area contributed by atoms with E-state index in [0.29, 0.717) is 24.3 Å². The summed E-state index contributed by atoms with van der Waals surface area (Å²) in [6.07, 6.45) is 6.97. The molecule has 0 bridgehead atoms. The summed E-state index contributed by atoms with van der Waals surface area (Å²) >= 11 is 6.02. The molecule has 0 aliphatic heterocycles. The van der Waals surface area contributed by atoms with Crippen LogP contribution >= 0.6 is 11.6 Å². The van der Waals surface area contributed by atoms with Crippen LogP contribution in [0.2, 0.25) is 5.02 Å². The molecule has 3 aromatic rings. The maximum absolute atomic E-state index is 13.3. The van der Waals surface area contributed by atoms with Gasteiger partial charge in [-0.3, -0.25) is 4.79 Å². The monoisotopic (exact) mass is 535 g/mol. The minimum Gasteiger partial charge on any atom is -0.489 e. The van der Waals surface area contributed by atoms with Gasteiger partial charge in [0.1, 0.15) is 12.4 Å². The van der Waals surface area contributed by atoms with Crippen LogP contribution in [0.1, 0.15) is 66.1 Å². The average Bonchev–Trinajstić information content (AvgIpc) is 2.94. The molecule has 0 aliphatic carbocycles. The Kier molecular flexibility index (Phi) is 12.2. The lowest BCUT2D eigenvalue weighted by molar-refractivity contribution is -0.130. The number of ether oxygens (including phenoxy) is 2. The lowest BCUT2D eigenvalue weighted by Crippen LogP contribution is -2.35. The van der Waals surface area contributed by atoms with Crippen LogP contribution < -0.4 is 4.74 Å². The Labute approximate surface area is 231 Å². The Morgan fingerprint density at radius 3 is 2.21 bits per heavy atom. The van der Waals surface area contributed by atoms with E-state index in [1.54, 1.807) is 12.1 Å². The van der Waals surface area contributed by atoms with Crippen LogP contribution in [0, 0.1) is 0 Å². The van der Waals surface area contributed by atoms with E-state index < -0.39 is 0 Å². The molecule has 5 nitrogen and oxygen atoms in total. The van der Waals surface area contributed by atoms with E-state index in [4.69, 9.17) is 21.1 Å².